The minimum atomic E-state index is -0.714. The van der Waals surface area contributed by atoms with Crippen molar-refractivity contribution in [1.29, 1.82) is 0 Å². The zero-order valence-corrected chi connectivity index (χ0v) is 11.9. The van der Waals surface area contributed by atoms with Gasteiger partial charge in [0.15, 0.2) is 6.10 Å². The van der Waals surface area contributed by atoms with Crippen molar-refractivity contribution in [3.8, 4) is 5.75 Å². The van der Waals surface area contributed by atoms with E-state index in [9.17, 15) is 9.18 Å². The van der Waals surface area contributed by atoms with Gasteiger partial charge in [-0.05, 0) is 37.6 Å². The summed E-state index contributed by atoms with van der Waals surface area (Å²) in [5, 5.41) is 0.491. The van der Waals surface area contributed by atoms with Gasteiger partial charge in [0, 0.05) is 16.7 Å². The van der Waals surface area contributed by atoms with E-state index >= 15 is 0 Å². The van der Waals surface area contributed by atoms with Crippen LogP contribution in [0.25, 0.3) is 0 Å². The summed E-state index contributed by atoms with van der Waals surface area (Å²) in [6, 6.07) is 10.9. The molecule has 0 saturated heterocycles. The van der Waals surface area contributed by atoms with E-state index in [1.807, 2.05) is 0 Å². The number of carbonyl (C=O) groups is 1. The van der Waals surface area contributed by atoms with Gasteiger partial charge in [-0.3, -0.25) is 4.79 Å². The lowest BCUT2D eigenvalue weighted by Crippen LogP contribution is -2.24. The van der Waals surface area contributed by atoms with Gasteiger partial charge in [0.25, 0.3) is 0 Å². The Balaban J connectivity index is 2.17. The van der Waals surface area contributed by atoms with E-state index in [-0.39, 0.29) is 5.78 Å². The van der Waals surface area contributed by atoms with E-state index in [0.717, 1.165) is 5.56 Å². The molecule has 0 spiro atoms. The maximum atomic E-state index is 13.2. The zero-order valence-electron chi connectivity index (χ0n) is 11.2. The van der Waals surface area contributed by atoms with Gasteiger partial charge in [0.1, 0.15) is 11.6 Å². The second-order valence-corrected chi connectivity index (χ2v) is 4.98. The number of carbonyl (C=O) groups excluding carboxylic acids is 1. The summed E-state index contributed by atoms with van der Waals surface area (Å²) < 4.78 is 18.7. The number of hydrogen-bond donors (Lipinski definition) is 0. The number of ketones is 1. The average Bonchev–Trinajstić information content (AvgIpc) is 2.42. The van der Waals surface area contributed by atoms with Crippen molar-refractivity contribution in [2.24, 2.45) is 0 Å². The third-order valence-corrected chi connectivity index (χ3v) is 3.17. The number of Topliss-reactive ketones (excluding diaryl/α,β-unsaturated/α-hetero) is 1. The summed E-state index contributed by atoms with van der Waals surface area (Å²) in [5.41, 5.74) is 1.25. The minimum Gasteiger partial charge on any atom is -0.482 e. The van der Waals surface area contributed by atoms with Gasteiger partial charge in [-0.25, -0.2) is 4.39 Å². The molecule has 2 aromatic rings. The predicted octanol–water partition coefficient (Wildman–Crippen LogP) is 4.44. The Bertz CT molecular complexity index is 640. The number of halogens is 2. The van der Waals surface area contributed by atoms with Crippen LogP contribution in [0.1, 0.15) is 22.8 Å². The lowest BCUT2D eigenvalue weighted by atomic mass is 10.1. The van der Waals surface area contributed by atoms with Gasteiger partial charge < -0.3 is 4.74 Å². The van der Waals surface area contributed by atoms with E-state index < -0.39 is 11.9 Å². The first-order chi connectivity index (χ1) is 9.47. The number of ether oxygens (including phenoxy) is 1. The molecule has 0 N–H and O–H groups in total. The van der Waals surface area contributed by atoms with Gasteiger partial charge in [0.05, 0.1) is 0 Å². The van der Waals surface area contributed by atoms with Gasteiger partial charge in [-0.15, -0.1) is 0 Å². The molecule has 0 saturated carbocycles. The molecule has 0 amide bonds. The largest absolute Gasteiger partial charge is 0.482 e. The molecule has 2 nitrogen and oxygen atoms in total. The van der Waals surface area contributed by atoms with Crippen LogP contribution in [0, 0.1) is 12.7 Å². The van der Waals surface area contributed by atoms with Crippen LogP contribution in [-0.4, -0.2) is 11.9 Å². The fourth-order valence-electron chi connectivity index (χ4n) is 1.82. The van der Waals surface area contributed by atoms with E-state index in [2.05, 4.69) is 0 Å². The normalized spacial score (nSPS) is 12.0. The van der Waals surface area contributed by atoms with Crippen LogP contribution in [-0.2, 0) is 0 Å². The fraction of sp³-hybridized carbons (Fsp3) is 0.188. The van der Waals surface area contributed by atoms with Crippen LogP contribution in [0.5, 0.6) is 5.75 Å². The molecule has 2 rings (SSSR count). The topological polar surface area (TPSA) is 26.3 Å². The lowest BCUT2D eigenvalue weighted by Gasteiger charge is -2.15. The molecular weight excluding hydrogens is 279 g/mol. The molecule has 2 aromatic carbocycles. The molecule has 0 heterocycles. The SMILES string of the molecule is Cc1ccc(F)cc1OC(C)C(=O)c1cccc(Cl)c1. The highest BCUT2D eigenvalue weighted by Gasteiger charge is 2.18. The molecule has 0 aliphatic heterocycles. The highest BCUT2D eigenvalue weighted by molar-refractivity contribution is 6.31. The molecular formula is C16H14ClFO2. The summed E-state index contributed by atoms with van der Waals surface area (Å²) in [6.45, 7) is 3.43. The van der Waals surface area contributed by atoms with E-state index in [1.165, 1.54) is 12.1 Å². The molecule has 1 atom stereocenters. The Kier molecular flexibility index (Phi) is 4.40. The van der Waals surface area contributed by atoms with Crippen molar-refractivity contribution < 1.29 is 13.9 Å². The second kappa shape index (κ2) is 6.06. The van der Waals surface area contributed by atoms with Crippen LogP contribution in [0.3, 0.4) is 0 Å². The Morgan fingerprint density at radius 2 is 2.00 bits per heavy atom. The molecule has 0 aliphatic rings. The van der Waals surface area contributed by atoms with E-state index in [4.69, 9.17) is 16.3 Å². The third-order valence-electron chi connectivity index (χ3n) is 2.93. The monoisotopic (exact) mass is 292 g/mol. The first-order valence-electron chi connectivity index (χ1n) is 6.20. The Morgan fingerprint density at radius 1 is 1.25 bits per heavy atom. The van der Waals surface area contributed by atoms with Crippen LogP contribution in [0.4, 0.5) is 4.39 Å². The van der Waals surface area contributed by atoms with Crippen LogP contribution in [0.15, 0.2) is 42.5 Å². The number of benzene rings is 2. The summed E-state index contributed by atoms with van der Waals surface area (Å²) in [5.74, 6) is -0.225. The summed E-state index contributed by atoms with van der Waals surface area (Å²) in [6.07, 6.45) is -0.714. The number of hydrogen-bond acceptors (Lipinski definition) is 2. The molecule has 4 heteroatoms. The Labute approximate surface area is 122 Å². The van der Waals surface area contributed by atoms with Crippen molar-refractivity contribution in [2.45, 2.75) is 20.0 Å². The minimum absolute atomic E-state index is 0.198. The molecule has 0 fully saturated rings. The lowest BCUT2D eigenvalue weighted by molar-refractivity contribution is 0.0816. The molecule has 1 unspecified atom stereocenters. The average molecular weight is 293 g/mol. The van der Waals surface area contributed by atoms with Crippen molar-refractivity contribution >= 4 is 17.4 Å². The van der Waals surface area contributed by atoms with Gasteiger partial charge in [-0.2, -0.15) is 0 Å². The van der Waals surface area contributed by atoms with Crippen LogP contribution in [0.2, 0.25) is 5.02 Å². The maximum absolute atomic E-state index is 13.2. The zero-order chi connectivity index (χ0) is 14.7. The molecule has 20 heavy (non-hydrogen) atoms. The van der Waals surface area contributed by atoms with Crippen molar-refractivity contribution in [1.82, 2.24) is 0 Å². The molecule has 0 bridgehead atoms. The fourth-order valence-corrected chi connectivity index (χ4v) is 2.01. The first-order valence-corrected chi connectivity index (χ1v) is 6.58. The van der Waals surface area contributed by atoms with Crippen molar-refractivity contribution in [2.75, 3.05) is 0 Å². The maximum Gasteiger partial charge on any atom is 0.203 e. The van der Waals surface area contributed by atoms with Crippen LogP contribution < -0.4 is 4.74 Å². The third kappa shape index (κ3) is 3.36. The molecule has 0 aromatic heterocycles. The molecule has 0 radical (unpaired) electrons. The van der Waals surface area contributed by atoms with Gasteiger partial charge in [0.2, 0.25) is 5.78 Å². The van der Waals surface area contributed by atoms with Crippen molar-refractivity contribution in [3.05, 3.63) is 64.4 Å². The summed E-state index contributed by atoms with van der Waals surface area (Å²) in [4.78, 5) is 12.2. The first kappa shape index (κ1) is 14.5. The second-order valence-electron chi connectivity index (χ2n) is 4.54. The molecule has 0 aliphatic carbocycles. The Hall–Kier alpha value is -1.87. The standard InChI is InChI=1S/C16H14ClFO2/c1-10-6-7-14(18)9-15(10)20-11(2)16(19)12-4-3-5-13(17)8-12/h3-9,11H,1-2H3. The number of rotatable bonds is 4. The van der Waals surface area contributed by atoms with E-state index in [0.29, 0.717) is 16.3 Å². The quantitative estimate of drug-likeness (QED) is 0.779. The smallest absolute Gasteiger partial charge is 0.203 e. The summed E-state index contributed by atoms with van der Waals surface area (Å²) in [7, 11) is 0. The van der Waals surface area contributed by atoms with E-state index in [1.54, 1.807) is 44.2 Å². The number of aryl methyl sites for hydroxylation is 1. The van der Waals surface area contributed by atoms with Crippen molar-refractivity contribution in [3.63, 3.8) is 0 Å². The predicted molar refractivity (Wildman–Crippen MR) is 77.0 cm³/mol. The van der Waals surface area contributed by atoms with Gasteiger partial charge >= 0.3 is 0 Å². The highest BCUT2D eigenvalue weighted by atomic mass is 35.5. The Morgan fingerprint density at radius 3 is 2.70 bits per heavy atom. The van der Waals surface area contributed by atoms with Gasteiger partial charge in [-0.1, -0.05) is 29.8 Å². The highest BCUT2D eigenvalue weighted by Crippen LogP contribution is 2.21. The molecule has 104 valence electrons. The van der Waals surface area contributed by atoms with Crippen LogP contribution >= 0.6 is 11.6 Å². The summed E-state index contributed by atoms with van der Waals surface area (Å²) >= 11 is 5.86.